The number of hydrogen-bond acceptors (Lipinski definition) is 6. The Kier molecular flexibility index (Phi) is 12.4. The Labute approximate surface area is 281 Å². The highest BCUT2D eigenvalue weighted by molar-refractivity contribution is 5.82. The first-order chi connectivity index (χ1) is 22.7. The van der Waals surface area contributed by atoms with E-state index in [0.717, 1.165) is 5.56 Å². The van der Waals surface area contributed by atoms with Gasteiger partial charge in [0.05, 0.1) is 18.7 Å². The number of nitrogens with zero attached hydrogens (tertiary/aromatic N) is 3. The van der Waals surface area contributed by atoms with E-state index in [1.54, 1.807) is 52.8 Å². The Morgan fingerprint density at radius 2 is 1.65 bits per heavy atom. The second kappa shape index (κ2) is 16.1. The molecule has 2 aromatic carbocycles. The van der Waals surface area contributed by atoms with Gasteiger partial charge in [-0.2, -0.15) is 5.10 Å². The summed E-state index contributed by atoms with van der Waals surface area (Å²) in [5.41, 5.74) is 4.29. The lowest BCUT2D eigenvalue weighted by Gasteiger charge is -2.34. The van der Waals surface area contributed by atoms with E-state index < -0.39 is 29.9 Å². The van der Waals surface area contributed by atoms with Crippen molar-refractivity contribution in [3.05, 3.63) is 85.8 Å². The highest BCUT2D eigenvalue weighted by Crippen LogP contribution is 2.36. The molecule has 4 rings (SSSR count). The van der Waals surface area contributed by atoms with Crippen LogP contribution in [0, 0.1) is 45.2 Å². The first-order valence-electron chi connectivity index (χ1n) is 16.9. The summed E-state index contributed by atoms with van der Waals surface area (Å²) in [7, 11) is 0. The molecule has 0 bridgehead atoms. The molecule has 0 N–H and O–H groups in total. The third kappa shape index (κ3) is 9.01. The van der Waals surface area contributed by atoms with Gasteiger partial charge in [0.15, 0.2) is 5.78 Å². The molecule has 7 nitrogen and oxygen atoms in total. The number of halogens is 3. The molecule has 0 amide bonds. The van der Waals surface area contributed by atoms with E-state index in [1.165, 1.54) is 16.8 Å². The molecule has 1 saturated heterocycles. The maximum absolute atomic E-state index is 15.9. The molecule has 1 aliphatic rings. The molecule has 10 heteroatoms. The number of alkyl halides is 1. The van der Waals surface area contributed by atoms with Crippen molar-refractivity contribution in [2.75, 3.05) is 26.2 Å². The summed E-state index contributed by atoms with van der Waals surface area (Å²) in [6.07, 6.45) is 0.0478. The van der Waals surface area contributed by atoms with Crippen LogP contribution >= 0.6 is 0 Å². The predicted molar refractivity (Wildman–Crippen MR) is 181 cm³/mol. The number of hydrogen-bond donors (Lipinski definition) is 0. The van der Waals surface area contributed by atoms with Crippen molar-refractivity contribution in [1.29, 1.82) is 0 Å². The van der Waals surface area contributed by atoms with Gasteiger partial charge in [0.25, 0.3) is 5.56 Å². The average molecular weight is 668 g/mol. The van der Waals surface area contributed by atoms with Crippen molar-refractivity contribution in [2.24, 2.45) is 5.92 Å². The minimum absolute atomic E-state index is 0.0260. The van der Waals surface area contributed by atoms with Crippen LogP contribution in [-0.2, 0) is 20.7 Å². The molecular formula is C38H48F3N3O4. The quantitative estimate of drug-likeness (QED) is 0.158. The number of aromatic nitrogens is 2. The van der Waals surface area contributed by atoms with E-state index in [4.69, 9.17) is 4.74 Å². The molecule has 2 heterocycles. The standard InChI is InChI=1S/C38H48F3N3O4/c1-8-48-35(46)19-27(32-18-28(14-25(6)37(32)41)36-23(4)15-29(39)16-24(36)5)9-10-34(45)33(13-22(2)3)44-38(47)26(7)17-31(42-44)11-12-43-20-30(40)21-43/h14-18,22,27,30,33H,8-13,19-21H2,1-7H3/t27-,33-/m0/s1. The number of Topliss-reactive ketones (excluding diaryl/α,β-unsaturated/α-hetero) is 1. The minimum atomic E-state index is -0.846. The smallest absolute Gasteiger partial charge is 0.306 e. The number of esters is 1. The van der Waals surface area contributed by atoms with Crippen LogP contribution in [0.1, 0.15) is 91.9 Å². The molecule has 0 unspecified atom stereocenters. The lowest BCUT2D eigenvalue weighted by molar-refractivity contribution is -0.143. The minimum Gasteiger partial charge on any atom is -0.466 e. The second-order valence-corrected chi connectivity index (χ2v) is 13.6. The van der Waals surface area contributed by atoms with Crippen molar-refractivity contribution >= 4 is 11.8 Å². The number of carbonyl (C=O) groups excluding carboxylic acids is 2. The van der Waals surface area contributed by atoms with Gasteiger partial charge in [-0.15, -0.1) is 0 Å². The summed E-state index contributed by atoms with van der Waals surface area (Å²) >= 11 is 0. The van der Waals surface area contributed by atoms with Gasteiger partial charge in [-0.05, 0) is 123 Å². The summed E-state index contributed by atoms with van der Waals surface area (Å²) in [6, 6.07) is 7.14. The topological polar surface area (TPSA) is 81.5 Å². The number of aryl methyl sites for hydroxylation is 4. The molecule has 3 aromatic rings. The number of ketones is 1. The summed E-state index contributed by atoms with van der Waals surface area (Å²) in [5, 5.41) is 4.61. The molecule has 48 heavy (non-hydrogen) atoms. The van der Waals surface area contributed by atoms with E-state index in [1.807, 2.05) is 18.7 Å². The van der Waals surface area contributed by atoms with Gasteiger partial charge in [-0.3, -0.25) is 19.3 Å². The Hall–Kier alpha value is -3.79. The summed E-state index contributed by atoms with van der Waals surface area (Å²) in [6.45, 7) is 14.1. The third-order valence-electron chi connectivity index (χ3n) is 9.09. The predicted octanol–water partition coefficient (Wildman–Crippen LogP) is 7.29. The van der Waals surface area contributed by atoms with Gasteiger partial charge in [0.1, 0.15) is 23.8 Å². The van der Waals surface area contributed by atoms with Crippen molar-refractivity contribution in [3.8, 4) is 11.1 Å². The number of rotatable bonds is 15. The van der Waals surface area contributed by atoms with Crippen LogP contribution in [0.25, 0.3) is 11.1 Å². The fourth-order valence-electron chi connectivity index (χ4n) is 6.69. The molecule has 0 saturated carbocycles. The maximum Gasteiger partial charge on any atom is 0.306 e. The zero-order valence-electron chi connectivity index (χ0n) is 29.2. The first-order valence-corrected chi connectivity index (χ1v) is 16.9. The Balaban J connectivity index is 1.66. The molecule has 1 aliphatic heterocycles. The van der Waals surface area contributed by atoms with Gasteiger partial charge in [0.2, 0.25) is 0 Å². The van der Waals surface area contributed by atoms with E-state index in [2.05, 4.69) is 5.10 Å². The molecule has 2 atom stereocenters. The van der Waals surface area contributed by atoms with Crippen molar-refractivity contribution in [3.63, 3.8) is 0 Å². The fourth-order valence-corrected chi connectivity index (χ4v) is 6.69. The SMILES string of the molecule is CCOC(=O)C[C@H](CCC(=O)[C@H](CC(C)C)n1nc(CCN2CC(F)C2)cc(C)c1=O)c1cc(-c2c(C)cc(F)cc2C)cc(C)c1F. The molecule has 1 fully saturated rings. The maximum atomic E-state index is 15.9. The molecular weight excluding hydrogens is 619 g/mol. The highest BCUT2D eigenvalue weighted by Gasteiger charge is 2.29. The zero-order chi connectivity index (χ0) is 35.3. The number of ether oxygens (including phenoxy) is 1. The van der Waals surface area contributed by atoms with Crippen LogP contribution in [0.15, 0.2) is 35.1 Å². The van der Waals surface area contributed by atoms with Gasteiger partial charge < -0.3 is 4.74 Å². The van der Waals surface area contributed by atoms with Crippen LogP contribution in [-0.4, -0.2) is 58.8 Å². The number of likely N-dealkylation sites (tertiary alicyclic amines) is 1. The van der Waals surface area contributed by atoms with Crippen LogP contribution in [0.3, 0.4) is 0 Å². The number of benzene rings is 2. The molecule has 0 spiro atoms. The molecule has 1 aromatic heterocycles. The molecule has 0 aliphatic carbocycles. The summed E-state index contributed by atoms with van der Waals surface area (Å²) in [5.74, 6) is -2.20. The Bertz CT molecular complexity index is 1670. The van der Waals surface area contributed by atoms with Gasteiger partial charge in [-0.25, -0.2) is 17.9 Å². The largest absolute Gasteiger partial charge is 0.466 e. The van der Waals surface area contributed by atoms with Crippen LogP contribution in [0.4, 0.5) is 13.2 Å². The molecule has 0 radical (unpaired) electrons. The van der Waals surface area contributed by atoms with E-state index in [0.29, 0.717) is 66.0 Å². The van der Waals surface area contributed by atoms with Gasteiger partial charge >= 0.3 is 5.97 Å². The Morgan fingerprint density at radius 1 is 0.979 bits per heavy atom. The van der Waals surface area contributed by atoms with E-state index >= 15 is 4.39 Å². The fraction of sp³-hybridized carbons (Fsp3) is 0.526. The van der Waals surface area contributed by atoms with Crippen molar-refractivity contribution in [1.82, 2.24) is 14.7 Å². The van der Waals surface area contributed by atoms with Crippen molar-refractivity contribution in [2.45, 2.75) is 98.7 Å². The summed E-state index contributed by atoms with van der Waals surface area (Å²) in [4.78, 5) is 42.2. The normalized spacial score (nSPS) is 15.0. The summed E-state index contributed by atoms with van der Waals surface area (Å²) < 4.78 is 49.9. The zero-order valence-corrected chi connectivity index (χ0v) is 29.2. The van der Waals surface area contributed by atoms with Crippen molar-refractivity contribution < 1.29 is 27.5 Å². The van der Waals surface area contributed by atoms with Crippen LogP contribution in [0.5, 0.6) is 0 Å². The van der Waals surface area contributed by atoms with Crippen LogP contribution < -0.4 is 5.56 Å². The monoisotopic (exact) mass is 667 g/mol. The van der Waals surface area contributed by atoms with E-state index in [9.17, 15) is 23.2 Å². The lowest BCUT2D eigenvalue weighted by Crippen LogP contribution is -2.49. The van der Waals surface area contributed by atoms with Gasteiger partial charge in [0, 0.05) is 38.0 Å². The number of carbonyl (C=O) groups is 2. The first kappa shape index (κ1) is 37.0. The Morgan fingerprint density at radius 3 is 2.25 bits per heavy atom. The van der Waals surface area contributed by atoms with Crippen LogP contribution in [0.2, 0.25) is 0 Å². The average Bonchev–Trinajstić information content (AvgIpc) is 2.98. The third-order valence-corrected chi connectivity index (χ3v) is 9.09. The highest BCUT2D eigenvalue weighted by atomic mass is 19.1. The van der Waals surface area contributed by atoms with E-state index in [-0.39, 0.29) is 54.5 Å². The molecule has 260 valence electrons. The van der Waals surface area contributed by atoms with Gasteiger partial charge in [-0.1, -0.05) is 13.8 Å². The lowest BCUT2D eigenvalue weighted by atomic mass is 9.84. The second-order valence-electron chi connectivity index (χ2n) is 13.6.